The molecule has 0 unspecified atom stereocenters. The van der Waals surface area contributed by atoms with Gasteiger partial charge >= 0.3 is 0 Å². The van der Waals surface area contributed by atoms with Gasteiger partial charge in [0.2, 0.25) is 0 Å². The molecule has 7 heteroatoms. The quantitative estimate of drug-likeness (QED) is 0.507. The summed E-state index contributed by atoms with van der Waals surface area (Å²) < 4.78 is 13.7. The summed E-state index contributed by atoms with van der Waals surface area (Å²) in [6.07, 6.45) is 0. The van der Waals surface area contributed by atoms with Crippen molar-refractivity contribution in [3.05, 3.63) is 57.9 Å². The smallest absolute Gasteiger partial charge is 0.271 e. The van der Waals surface area contributed by atoms with Gasteiger partial charge in [0.05, 0.1) is 33.6 Å². The SMILES string of the molecule is N#Cc1ccc(Nc2ccc([N+](=O)[O-])cc2N)c(F)c1. The lowest BCUT2D eigenvalue weighted by Gasteiger charge is -2.10. The monoisotopic (exact) mass is 272 g/mol. The fraction of sp³-hybridized carbons (Fsp3) is 0. The molecule has 100 valence electrons. The Kier molecular flexibility index (Phi) is 3.48. The minimum atomic E-state index is -0.609. The highest BCUT2D eigenvalue weighted by atomic mass is 19.1. The van der Waals surface area contributed by atoms with Gasteiger partial charge in [0.1, 0.15) is 5.82 Å². The van der Waals surface area contributed by atoms with Gasteiger partial charge in [0.25, 0.3) is 5.69 Å². The fourth-order valence-electron chi connectivity index (χ4n) is 1.61. The minimum absolute atomic E-state index is 0.128. The van der Waals surface area contributed by atoms with E-state index in [1.54, 1.807) is 0 Å². The van der Waals surface area contributed by atoms with Crippen LogP contribution in [0.25, 0.3) is 0 Å². The average molecular weight is 272 g/mol. The Bertz CT molecular complexity index is 725. The predicted molar refractivity (Wildman–Crippen MR) is 71.9 cm³/mol. The number of hydrogen-bond acceptors (Lipinski definition) is 5. The van der Waals surface area contributed by atoms with Crippen LogP contribution in [0.4, 0.5) is 27.1 Å². The molecule has 0 saturated heterocycles. The van der Waals surface area contributed by atoms with Crippen molar-refractivity contribution in [2.75, 3.05) is 11.1 Å². The van der Waals surface area contributed by atoms with E-state index in [4.69, 9.17) is 11.0 Å². The van der Waals surface area contributed by atoms with Gasteiger partial charge in [-0.15, -0.1) is 0 Å². The summed E-state index contributed by atoms with van der Waals surface area (Å²) in [4.78, 5) is 10.0. The van der Waals surface area contributed by atoms with E-state index in [0.717, 1.165) is 6.07 Å². The number of nitrogen functional groups attached to an aromatic ring is 1. The molecule has 0 saturated carbocycles. The molecule has 0 bridgehead atoms. The first-order valence-electron chi connectivity index (χ1n) is 5.52. The molecule has 0 atom stereocenters. The number of benzene rings is 2. The molecule has 6 nitrogen and oxygen atoms in total. The molecule has 0 radical (unpaired) electrons. The van der Waals surface area contributed by atoms with Crippen molar-refractivity contribution >= 4 is 22.7 Å². The molecule has 2 aromatic carbocycles. The molecule has 20 heavy (non-hydrogen) atoms. The number of nitro groups is 1. The molecule has 0 spiro atoms. The Hall–Kier alpha value is -3.14. The van der Waals surface area contributed by atoms with E-state index >= 15 is 0 Å². The molecule has 0 fully saturated rings. The van der Waals surface area contributed by atoms with Crippen LogP contribution in [0.5, 0.6) is 0 Å². The topological polar surface area (TPSA) is 105 Å². The Morgan fingerprint density at radius 1 is 1.25 bits per heavy atom. The van der Waals surface area contributed by atoms with Crippen LogP contribution in [-0.2, 0) is 0 Å². The van der Waals surface area contributed by atoms with Crippen molar-refractivity contribution < 1.29 is 9.31 Å². The first kappa shape index (κ1) is 13.3. The standard InChI is InChI=1S/C13H9FN4O2/c14-10-5-8(7-15)1-3-12(10)17-13-4-2-9(18(19)20)6-11(13)16/h1-6,17H,16H2. The maximum Gasteiger partial charge on any atom is 0.271 e. The van der Waals surface area contributed by atoms with Gasteiger partial charge in [0.15, 0.2) is 0 Å². The molecule has 0 aromatic heterocycles. The van der Waals surface area contributed by atoms with Crippen LogP contribution in [0.2, 0.25) is 0 Å². The predicted octanol–water partition coefficient (Wildman–Crippen LogP) is 2.93. The van der Waals surface area contributed by atoms with Crippen LogP contribution < -0.4 is 11.1 Å². The molecular formula is C13H9FN4O2. The Morgan fingerprint density at radius 3 is 2.50 bits per heavy atom. The molecule has 0 amide bonds. The third kappa shape index (κ3) is 2.64. The van der Waals surface area contributed by atoms with Gasteiger partial charge in [-0.05, 0) is 24.3 Å². The molecular weight excluding hydrogens is 263 g/mol. The lowest BCUT2D eigenvalue weighted by atomic mass is 10.2. The van der Waals surface area contributed by atoms with E-state index < -0.39 is 10.7 Å². The number of nitro benzene ring substituents is 1. The van der Waals surface area contributed by atoms with E-state index in [2.05, 4.69) is 5.32 Å². The van der Waals surface area contributed by atoms with Gasteiger partial charge < -0.3 is 11.1 Å². The minimum Gasteiger partial charge on any atom is -0.397 e. The zero-order valence-electron chi connectivity index (χ0n) is 10.1. The first-order valence-corrected chi connectivity index (χ1v) is 5.52. The number of nitrogens with one attached hydrogen (secondary N) is 1. The zero-order chi connectivity index (χ0) is 14.7. The largest absolute Gasteiger partial charge is 0.397 e. The van der Waals surface area contributed by atoms with Gasteiger partial charge in [-0.25, -0.2) is 4.39 Å². The van der Waals surface area contributed by atoms with Crippen LogP contribution in [0.1, 0.15) is 5.56 Å². The number of nitrogens with two attached hydrogens (primary N) is 1. The summed E-state index contributed by atoms with van der Waals surface area (Å²) in [5, 5.41) is 22.0. The van der Waals surface area contributed by atoms with Gasteiger partial charge in [-0.1, -0.05) is 0 Å². The molecule has 2 rings (SSSR count). The molecule has 0 aliphatic carbocycles. The van der Waals surface area contributed by atoms with Crippen molar-refractivity contribution in [2.24, 2.45) is 0 Å². The second-order valence-electron chi connectivity index (χ2n) is 3.96. The van der Waals surface area contributed by atoms with Crippen LogP contribution >= 0.6 is 0 Å². The van der Waals surface area contributed by atoms with Crippen molar-refractivity contribution in [1.82, 2.24) is 0 Å². The van der Waals surface area contributed by atoms with Crippen molar-refractivity contribution in [3.63, 3.8) is 0 Å². The summed E-state index contributed by atoms with van der Waals surface area (Å²) in [5.41, 5.74) is 6.33. The van der Waals surface area contributed by atoms with E-state index in [-0.39, 0.29) is 22.6 Å². The normalized spacial score (nSPS) is 9.80. The average Bonchev–Trinajstić information content (AvgIpc) is 2.42. The number of anilines is 3. The Morgan fingerprint density at radius 2 is 1.95 bits per heavy atom. The Balaban J connectivity index is 2.31. The maximum atomic E-state index is 13.7. The number of halogens is 1. The highest BCUT2D eigenvalue weighted by Crippen LogP contribution is 2.28. The highest BCUT2D eigenvalue weighted by Gasteiger charge is 2.10. The summed E-state index contributed by atoms with van der Waals surface area (Å²) in [6.45, 7) is 0. The van der Waals surface area contributed by atoms with E-state index in [0.29, 0.717) is 5.69 Å². The van der Waals surface area contributed by atoms with Crippen LogP contribution in [0.15, 0.2) is 36.4 Å². The zero-order valence-corrected chi connectivity index (χ0v) is 10.1. The molecule has 2 aromatic rings. The number of nitrogens with zero attached hydrogens (tertiary/aromatic N) is 2. The third-order valence-electron chi connectivity index (χ3n) is 2.61. The summed E-state index contributed by atoms with van der Waals surface area (Å²) >= 11 is 0. The number of nitriles is 1. The second kappa shape index (κ2) is 5.24. The highest BCUT2D eigenvalue weighted by molar-refractivity contribution is 5.75. The molecule has 0 heterocycles. The lowest BCUT2D eigenvalue weighted by molar-refractivity contribution is -0.384. The van der Waals surface area contributed by atoms with Gasteiger partial charge in [-0.3, -0.25) is 10.1 Å². The summed E-state index contributed by atoms with van der Waals surface area (Å²) in [7, 11) is 0. The van der Waals surface area contributed by atoms with Crippen LogP contribution in [-0.4, -0.2) is 4.92 Å². The number of hydrogen-bond donors (Lipinski definition) is 2. The molecule has 3 N–H and O–H groups in total. The summed E-state index contributed by atoms with van der Waals surface area (Å²) in [6, 6.07) is 9.60. The molecule has 0 aliphatic rings. The second-order valence-corrected chi connectivity index (χ2v) is 3.96. The van der Waals surface area contributed by atoms with Crippen molar-refractivity contribution in [1.29, 1.82) is 5.26 Å². The Labute approximate surface area is 113 Å². The van der Waals surface area contributed by atoms with E-state index in [1.807, 2.05) is 6.07 Å². The third-order valence-corrected chi connectivity index (χ3v) is 2.61. The van der Waals surface area contributed by atoms with E-state index in [9.17, 15) is 14.5 Å². The molecule has 0 aliphatic heterocycles. The number of non-ortho nitro benzene ring substituents is 1. The van der Waals surface area contributed by atoms with Crippen LogP contribution in [0.3, 0.4) is 0 Å². The lowest BCUT2D eigenvalue weighted by Crippen LogP contribution is -1.99. The van der Waals surface area contributed by atoms with Crippen molar-refractivity contribution in [2.45, 2.75) is 0 Å². The van der Waals surface area contributed by atoms with Gasteiger partial charge in [0, 0.05) is 12.1 Å². The van der Waals surface area contributed by atoms with E-state index in [1.165, 1.54) is 30.3 Å². The first-order chi connectivity index (χ1) is 9.51. The maximum absolute atomic E-state index is 13.7. The van der Waals surface area contributed by atoms with Gasteiger partial charge in [-0.2, -0.15) is 5.26 Å². The summed E-state index contributed by atoms with van der Waals surface area (Å²) in [5.74, 6) is -0.609. The van der Waals surface area contributed by atoms with Crippen LogP contribution in [0, 0.1) is 27.3 Å². The number of rotatable bonds is 3. The van der Waals surface area contributed by atoms with Crippen molar-refractivity contribution in [3.8, 4) is 6.07 Å². The fourth-order valence-corrected chi connectivity index (χ4v) is 1.61.